The van der Waals surface area contributed by atoms with Crippen molar-refractivity contribution in [3.05, 3.63) is 35.4 Å². The second-order valence-corrected chi connectivity index (χ2v) is 7.83. The lowest BCUT2D eigenvalue weighted by Crippen LogP contribution is -2.54. The zero-order valence-corrected chi connectivity index (χ0v) is 13.7. The maximum absolute atomic E-state index is 13.9. The summed E-state index contributed by atoms with van der Waals surface area (Å²) in [5.41, 5.74) is 6.59. The summed E-state index contributed by atoms with van der Waals surface area (Å²) in [5, 5.41) is 3.24. The van der Waals surface area contributed by atoms with Gasteiger partial charge < -0.3 is 11.1 Å². The zero-order chi connectivity index (χ0) is 16.8. The van der Waals surface area contributed by atoms with Crippen molar-refractivity contribution in [2.24, 2.45) is 23.5 Å². The average molecular weight is 334 g/mol. The van der Waals surface area contributed by atoms with Crippen LogP contribution in [0.15, 0.2) is 18.2 Å². The van der Waals surface area contributed by atoms with Gasteiger partial charge in [0.1, 0.15) is 11.6 Å². The molecule has 2 bridgehead atoms. The number of hydrogen-bond donors (Lipinski definition) is 2. The maximum atomic E-state index is 13.9. The third-order valence-corrected chi connectivity index (χ3v) is 6.17. The molecule has 4 atom stereocenters. The molecule has 3 aliphatic carbocycles. The molecule has 130 valence electrons. The van der Waals surface area contributed by atoms with E-state index in [1.54, 1.807) is 0 Å². The first-order valence-corrected chi connectivity index (χ1v) is 9.04. The number of benzene rings is 1. The molecule has 3 fully saturated rings. The Morgan fingerprint density at radius 3 is 2.50 bits per heavy atom. The normalized spacial score (nSPS) is 37.8. The third-order valence-electron chi connectivity index (χ3n) is 6.17. The van der Waals surface area contributed by atoms with Crippen molar-refractivity contribution in [2.75, 3.05) is 0 Å². The highest BCUT2D eigenvalue weighted by molar-refractivity contribution is 5.83. The van der Waals surface area contributed by atoms with Gasteiger partial charge in [0.05, 0.1) is 0 Å². The van der Waals surface area contributed by atoms with Crippen LogP contribution in [0.3, 0.4) is 0 Å². The van der Waals surface area contributed by atoms with Crippen LogP contribution in [0.5, 0.6) is 0 Å². The standard InChI is InChI=1S/C19H24F2N2O/c20-12-4-5-14(17(21)8-12)15-9-16(15)19(24)23-18-10-2-1-3-11(18)7-13(22)6-10/h4-5,8,10-11,13,15-16,18H,1-3,6-7,9,22H2,(H,23,24). The lowest BCUT2D eigenvalue weighted by atomic mass is 9.67. The molecule has 3 saturated carbocycles. The molecule has 1 aromatic carbocycles. The Bertz CT molecular complexity index is 636. The number of halogens is 2. The Balaban J connectivity index is 1.41. The van der Waals surface area contributed by atoms with E-state index in [9.17, 15) is 13.6 Å². The summed E-state index contributed by atoms with van der Waals surface area (Å²) >= 11 is 0. The predicted octanol–water partition coefficient (Wildman–Crippen LogP) is 3.09. The molecule has 1 amide bonds. The third kappa shape index (κ3) is 2.94. The van der Waals surface area contributed by atoms with Crippen LogP contribution in [0.4, 0.5) is 8.78 Å². The van der Waals surface area contributed by atoms with E-state index >= 15 is 0 Å². The molecule has 0 aromatic heterocycles. The summed E-state index contributed by atoms with van der Waals surface area (Å²) in [4.78, 5) is 12.6. The lowest BCUT2D eigenvalue weighted by molar-refractivity contribution is -0.124. The van der Waals surface area contributed by atoms with Gasteiger partial charge in [0.25, 0.3) is 0 Å². The van der Waals surface area contributed by atoms with E-state index in [1.165, 1.54) is 18.6 Å². The molecule has 3 nitrogen and oxygen atoms in total. The summed E-state index contributed by atoms with van der Waals surface area (Å²) in [6, 6.07) is 4.12. The topological polar surface area (TPSA) is 55.1 Å². The Hall–Kier alpha value is -1.49. The van der Waals surface area contributed by atoms with Gasteiger partial charge in [-0.1, -0.05) is 12.5 Å². The Morgan fingerprint density at radius 2 is 1.83 bits per heavy atom. The summed E-state index contributed by atoms with van der Waals surface area (Å²) in [7, 11) is 0. The van der Waals surface area contributed by atoms with Crippen molar-refractivity contribution in [3.8, 4) is 0 Å². The van der Waals surface area contributed by atoms with Crippen molar-refractivity contribution in [1.29, 1.82) is 0 Å². The van der Waals surface area contributed by atoms with Crippen molar-refractivity contribution in [1.82, 2.24) is 5.32 Å². The molecule has 0 aliphatic heterocycles. The van der Waals surface area contributed by atoms with Crippen molar-refractivity contribution in [3.63, 3.8) is 0 Å². The molecular weight excluding hydrogens is 310 g/mol. The van der Waals surface area contributed by atoms with Crippen molar-refractivity contribution >= 4 is 5.91 Å². The molecule has 0 heterocycles. The van der Waals surface area contributed by atoms with E-state index in [-0.39, 0.29) is 29.8 Å². The van der Waals surface area contributed by atoms with Gasteiger partial charge >= 0.3 is 0 Å². The highest BCUT2D eigenvalue weighted by atomic mass is 19.1. The van der Waals surface area contributed by atoms with Gasteiger partial charge in [-0.3, -0.25) is 4.79 Å². The first kappa shape index (κ1) is 16.0. The molecule has 1 aromatic rings. The molecule has 0 radical (unpaired) electrons. The van der Waals surface area contributed by atoms with Crippen molar-refractivity contribution < 1.29 is 13.6 Å². The number of nitrogens with one attached hydrogen (secondary N) is 1. The maximum Gasteiger partial charge on any atom is 0.223 e. The van der Waals surface area contributed by atoms with Crippen LogP contribution in [0.25, 0.3) is 0 Å². The minimum atomic E-state index is -0.579. The molecule has 4 rings (SSSR count). The zero-order valence-electron chi connectivity index (χ0n) is 13.7. The smallest absolute Gasteiger partial charge is 0.223 e. The largest absolute Gasteiger partial charge is 0.353 e. The van der Waals surface area contributed by atoms with E-state index in [0.29, 0.717) is 23.8 Å². The van der Waals surface area contributed by atoms with Crippen LogP contribution >= 0.6 is 0 Å². The van der Waals surface area contributed by atoms with Gasteiger partial charge in [-0.05, 0) is 61.5 Å². The summed E-state index contributed by atoms with van der Waals surface area (Å²) in [6.07, 6.45) is 6.12. The monoisotopic (exact) mass is 334 g/mol. The quantitative estimate of drug-likeness (QED) is 0.892. The van der Waals surface area contributed by atoms with Crippen LogP contribution in [-0.4, -0.2) is 18.0 Å². The SMILES string of the molecule is NC1CC2CCCC(C1)C2NC(=O)C1CC1c1ccc(F)cc1F. The number of fused-ring (bicyclic) bond motifs is 2. The van der Waals surface area contributed by atoms with E-state index in [4.69, 9.17) is 5.73 Å². The molecule has 3 N–H and O–H groups in total. The Kier molecular flexibility index (Phi) is 4.07. The second kappa shape index (κ2) is 6.10. The van der Waals surface area contributed by atoms with Gasteiger partial charge in [0.15, 0.2) is 0 Å². The second-order valence-electron chi connectivity index (χ2n) is 7.83. The van der Waals surface area contributed by atoms with E-state index in [2.05, 4.69) is 5.32 Å². The molecular formula is C19H24F2N2O. The summed E-state index contributed by atoms with van der Waals surface area (Å²) in [6.45, 7) is 0. The van der Waals surface area contributed by atoms with E-state index in [0.717, 1.165) is 31.7 Å². The van der Waals surface area contributed by atoms with Gasteiger partial charge in [0, 0.05) is 24.1 Å². The number of amides is 1. The van der Waals surface area contributed by atoms with Gasteiger partial charge in [-0.15, -0.1) is 0 Å². The van der Waals surface area contributed by atoms with Crippen molar-refractivity contribution in [2.45, 2.75) is 56.5 Å². The fraction of sp³-hybridized carbons (Fsp3) is 0.632. The van der Waals surface area contributed by atoms with Crippen LogP contribution < -0.4 is 11.1 Å². The minimum absolute atomic E-state index is 0.0288. The molecule has 0 spiro atoms. The van der Waals surface area contributed by atoms with Crippen LogP contribution in [-0.2, 0) is 4.79 Å². The lowest BCUT2D eigenvalue weighted by Gasteiger charge is -2.45. The number of rotatable bonds is 3. The van der Waals surface area contributed by atoms with Crippen LogP contribution in [0.2, 0.25) is 0 Å². The fourth-order valence-corrected chi connectivity index (χ4v) is 4.93. The highest BCUT2D eigenvalue weighted by Gasteiger charge is 2.47. The first-order valence-electron chi connectivity index (χ1n) is 9.04. The number of hydrogen-bond acceptors (Lipinski definition) is 2. The number of carbonyl (C=O) groups is 1. The Labute approximate surface area is 141 Å². The molecule has 3 aliphatic rings. The summed E-state index contributed by atoms with van der Waals surface area (Å²) in [5.74, 6) is -0.425. The van der Waals surface area contributed by atoms with Gasteiger partial charge in [-0.25, -0.2) is 8.78 Å². The first-order chi connectivity index (χ1) is 11.5. The van der Waals surface area contributed by atoms with E-state index in [1.807, 2.05) is 0 Å². The Morgan fingerprint density at radius 1 is 1.12 bits per heavy atom. The summed E-state index contributed by atoms with van der Waals surface area (Å²) < 4.78 is 26.9. The fourth-order valence-electron chi connectivity index (χ4n) is 4.93. The highest BCUT2D eigenvalue weighted by Crippen LogP contribution is 2.49. The molecule has 24 heavy (non-hydrogen) atoms. The minimum Gasteiger partial charge on any atom is -0.353 e. The number of nitrogens with two attached hydrogens (primary N) is 1. The number of carbonyl (C=O) groups excluding carboxylic acids is 1. The van der Waals surface area contributed by atoms with E-state index < -0.39 is 11.6 Å². The van der Waals surface area contributed by atoms with Gasteiger partial charge in [0.2, 0.25) is 5.91 Å². The van der Waals surface area contributed by atoms with Crippen LogP contribution in [0.1, 0.15) is 50.0 Å². The molecule has 5 heteroatoms. The molecule has 0 saturated heterocycles. The van der Waals surface area contributed by atoms with Gasteiger partial charge in [-0.2, -0.15) is 0 Å². The average Bonchev–Trinajstić information content (AvgIpc) is 3.28. The molecule has 4 unspecified atom stereocenters. The van der Waals surface area contributed by atoms with Crippen LogP contribution in [0, 0.1) is 29.4 Å². The predicted molar refractivity (Wildman–Crippen MR) is 87.2 cm³/mol.